The number of methoxy groups -OCH3 is 1. The molecule has 40 heavy (non-hydrogen) atoms. The molecule has 1 aliphatic carbocycles. The highest BCUT2D eigenvalue weighted by Gasteiger charge is 2.23. The second-order valence-electron chi connectivity index (χ2n) is 9.56. The Morgan fingerprint density at radius 3 is 2.38 bits per heavy atom. The lowest BCUT2D eigenvalue weighted by molar-refractivity contribution is -0.0515. The highest BCUT2D eigenvalue weighted by atomic mass is 19.3. The zero-order valence-corrected chi connectivity index (χ0v) is 21.8. The fourth-order valence-electron chi connectivity index (χ4n) is 4.40. The summed E-state index contributed by atoms with van der Waals surface area (Å²) in [6, 6.07) is 24.2. The summed E-state index contributed by atoms with van der Waals surface area (Å²) >= 11 is 0. The molecule has 1 saturated carbocycles. The van der Waals surface area contributed by atoms with Crippen molar-refractivity contribution < 1.29 is 27.7 Å². The minimum absolute atomic E-state index is 0.00659. The molecule has 204 valence electrons. The van der Waals surface area contributed by atoms with E-state index < -0.39 is 6.61 Å². The lowest BCUT2D eigenvalue weighted by Gasteiger charge is -2.14. The molecule has 0 bridgehead atoms. The molecular weight excluding hydrogens is 516 g/mol. The minimum atomic E-state index is -2.94. The molecule has 3 aromatic carbocycles. The van der Waals surface area contributed by atoms with E-state index in [-0.39, 0.29) is 11.5 Å². The molecule has 9 heteroatoms. The van der Waals surface area contributed by atoms with E-state index in [0.29, 0.717) is 42.0 Å². The lowest BCUT2D eigenvalue weighted by Crippen LogP contribution is -2.06. The summed E-state index contributed by atoms with van der Waals surface area (Å²) in [5, 5.41) is 4.82. The molecule has 2 heterocycles. The van der Waals surface area contributed by atoms with Crippen molar-refractivity contribution in [3.8, 4) is 45.5 Å². The number of alkyl halides is 2. The third-order valence-electron chi connectivity index (χ3n) is 6.68. The summed E-state index contributed by atoms with van der Waals surface area (Å²) in [6.45, 7) is -2.08. The molecule has 0 spiro atoms. The first kappa shape index (κ1) is 25.6. The predicted molar refractivity (Wildman–Crippen MR) is 146 cm³/mol. The summed E-state index contributed by atoms with van der Waals surface area (Å²) in [5.74, 6) is 1.95. The van der Waals surface area contributed by atoms with Crippen molar-refractivity contribution in [1.82, 2.24) is 14.6 Å². The summed E-state index contributed by atoms with van der Waals surface area (Å²) < 4.78 is 49.9. The Hall–Kier alpha value is -4.66. The highest BCUT2D eigenvalue weighted by molar-refractivity contribution is 5.71. The Balaban J connectivity index is 1.32. The van der Waals surface area contributed by atoms with Crippen LogP contribution in [0.2, 0.25) is 0 Å². The largest absolute Gasteiger partial charge is 0.493 e. The monoisotopic (exact) mass is 543 g/mol. The SMILES string of the molecule is COc1ccc(-c2cc3nccc(-c4ccc(OC(F)F)c(OCC5CC5)c4)n3n2)cc1OCc1ccccc1. The van der Waals surface area contributed by atoms with Crippen molar-refractivity contribution in [2.45, 2.75) is 26.1 Å². The number of hydrogen-bond donors (Lipinski definition) is 0. The fourth-order valence-corrected chi connectivity index (χ4v) is 4.40. The molecular formula is C31H27F2N3O4. The second kappa shape index (κ2) is 11.2. The van der Waals surface area contributed by atoms with Gasteiger partial charge in [-0.05, 0) is 66.8 Å². The number of halogens is 2. The van der Waals surface area contributed by atoms with Gasteiger partial charge in [-0.1, -0.05) is 30.3 Å². The molecule has 1 aliphatic rings. The van der Waals surface area contributed by atoms with E-state index in [0.717, 1.165) is 35.2 Å². The smallest absolute Gasteiger partial charge is 0.387 e. The molecule has 0 atom stereocenters. The summed E-state index contributed by atoms with van der Waals surface area (Å²) in [5.41, 5.74) is 4.65. The van der Waals surface area contributed by atoms with Crippen LogP contribution in [0.3, 0.4) is 0 Å². The van der Waals surface area contributed by atoms with Crippen molar-refractivity contribution in [2.24, 2.45) is 5.92 Å². The van der Waals surface area contributed by atoms with Gasteiger partial charge in [-0.3, -0.25) is 0 Å². The Bertz CT molecular complexity index is 1620. The van der Waals surface area contributed by atoms with E-state index in [2.05, 4.69) is 4.98 Å². The Kier molecular flexibility index (Phi) is 7.18. The summed E-state index contributed by atoms with van der Waals surface area (Å²) in [4.78, 5) is 4.48. The molecule has 7 nitrogen and oxygen atoms in total. The van der Waals surface area contributed by atoms with Gasteiger partial charge in [0.15, 0.2) is 28.6 Å². The van der Waals surface area contributed by atoms with Gasteiger partial charge in [0.2, 0.25) is 0 Å². The number of benzene rings is 3. The van der Waals surface area contributed by atoms with E-state index >= 15 is 0 Å². The minimum Gasteiger partial charge on any atom is -0.493 e. The number of rotatable bonds is 11. The maximum Gasteiger partial charge on any atom is 0.387 e. The van der Waals surface area contributed by atoms with Crippen LogP contribution in [-0.2, 0) is 6.61 Å². The van der Waals surface area contributed by atoms with Crippen molar-refractivity contribution in [3.05, 3.63) is 90.6 Å². The molecule has 0 aliphatic heterocycles. The second-order valence-corrected chi connectivity index (χ2v) is 9.56. The average molecular weight is 544 g/mol. The van der Waals surface area contributed by atoms with Gasteiger partial charge in [0.05, 0.1) is 25.1 Å². The van der Waals surface area contributed by atoms with Gasteiger partial charge in [0, 0.05) is 23.4 Å². The number of aromatic nitrogens is 3. The highest BCUT2D eigenvalue weighted by Crippen LogP contribution is 2.37. The molecule has 0 N–H and O–H groups in total. The first-order valence-electron chi connectivity index (χ1n) is 13.0. The molecule has 0 unspecified atom stereocenters. The number of fused-ring (bicyclic) bond motifs is 1. The van der Waals surface area contributed by atoms with Crippen molar-refractivity contribution in [2.75, 3.05) is 13.7 Å². The molecule has 1 fully saturated rings. The molecule has 2 aromatic heterocycles. The topological polar surface area (TPSA) is 67.1 Å². The Morgan fingerprint density at radius 1 is 0.850 bits per heavy atom. The van der Waals surface area contributed by atoms with Crippen LogP contribution in [0.1, 0.15) is 18.4 Å². The summed E-state index contributed by atoms with van der Waals surface area (Å²) in [7, 11) is 1.60. The van der Waals surface area contributed by atoms with E-state index in [1.54, 1.807) is 30.0 Å². The van der Waals surface area contributed by atoms with E-state index in [1.807, 2.05) is 60.7 Å². The van der Waals surface area contributed by atoms with Crippen LogP contribution in [0.4, 0.5) is 8.78 Å². The maximum absolute atomic E-state index is 13.0. The predicted octanol–water partition coefficient (Wildman–Crippen LogP) is 7.04. The summed E-state index contributed by atoms with van der Waals surface area (Å²) in [6.07, 6.45) is 3.85. The zero-order chi connectivity index (χ0) is 27.5. The fraction of sp³-hybridized carbons (Fsp3) is 0.226. The van der Waals surface area contributed by atoms with Crippen LogP contribution in [0.25, 0.3) is 28.2 Å². The van der Waals surface area contributed by atoms with Gasteiger partial charge >= 0.3 is 6.61 Å². The van der Waals surface area contributed by atoms with Gasteiger partial charge in [-0.2, -0.15) is 13.9 Å². The number of ether oxygens (including phenoxy) is 4. The Morgan fingerprint density at radius 2 is 1.60 bits per heavy atom. The molecule has 0 amide bonds. The number of hydrogen-bond acceptors (Lipinski definition) is 6. The van der Waals surface area contributed by atoms with Crippen LogP contribution in [-0.4, -0.2) is 34.9 Å². The molecule has 0 radical (unpaired) electrons. The van der Waals surface area contributed by atoms with Gasteiger partial charge in [0.25, 0.3) is 0 Å². The van der Waals surface area contributed by atoms with Crippen LogP contribution >= 0.6 is 0 Å². The molecule has 5 aromatic rings. The van der Waals surface area contributed by atoms with Gasteiger partial charge < -0.3 is 18.9 Å². The van der Waals surface area contributed by atoms with Crippen LogP contribution in [0, 0.1) is 5.92 Å². The molecule has 0 saturated heterocycles. The van der Waals surface area contributed by atoms with E-state index in [9.17, 15) is 8.78 Å². The van der Waals surface area contributed by atoms with Crippen LogP contribution in [0.5, 0.6) is 23.0 Å². The normalized spacial score (nSPS) is 13.0. The van der Waals surface area contributed by atoms with E-state index in [4.69, 9.17) is 24.0 Å². The van der Waals surface area contributed by atoms with E-state index in [1.165, 1.54) is 6.07 Å². The molecule has 6 rings (SSSR count). The third kappa shape index (κ3) is 5.68. The first-order chi connectivity index (χ1) is 19.6. The Labute approximate surface area is 229 Å². The first-order valence-corrected chi connectivity index (χ1v) is 13.0. The number of nitrogens with zero attached hydrogens (tertiary/aromatic N) is 3. The van der Waals surface area contributed by atoms with Crippen molar-refractivity contribution in [1.29, 1.82) is 0 Å². The zero-order valence-electron chi connectivity index (χ0n) is 21.8. The maximum atomic E-state index is 13.0. The average Bonchev–Trinajstić information content (AvgIpc) is 3.70. The van der Waals surface area contributed by atoms with Gasteiger partial charge in [-0.25, -0.2) is 9.50 Å². The van der Waals surface area contributed by atoms with Crippen molar-refractivity contribution >= 4 is 5.65 Å². The third-order valence-corrected chi connectivity index (χ3v) is 6.68. The standard InChI is InChI=1S/C31H27F2N3O4/c1-37-26-11-9-22(15-28(26)38-18-20-5-3-2-4-6-20)24-17-30-34-14-13-25(36(30)35-24)23-10-12-27(40-31(32)33)29(16-23)39-19-21-7-8-21/h2-6,9-17,21,31H,7-8,18-19H2,1H3. The quantitative estimate of drug-likeness (QED) is 0.178. The van der Waals surface area contributed by atoms with Gasteiger partial charge in [-0.15, -0.1) is 0 Å². The lowest BCUT2D eigenvalue weighted by atomic mass is 10.1. The van der Waals surface area contributed by atoms with Crippen LogP contribution in [0.15, 0.2) is 85.1 Å². The van der Waals surface area contributed by atoms with Gasteiger partial charge in [0.1, 0.15) is 6.61 Å². The van der Waals surface area contributed by atoms with Crippen LogP contribution < -0.4 is 18.9 Å². The van der Waals surface area contributed by atoms with Crippen molar-refractivity contribution in [3.63, 3.8) is 0 Å².